The number of amides is 3. The molecule has 9 heteroatoms. The van der Waals surface area contributed by atoms with Crippen LogP contribution >= 0.6 is 23.2 Å². The summed E-state index contributed by atoms with van der Waals surface area (Å²) in [5.41, 5.74) is 2.80. The van der Waals surface area contributed by atoms with Gasteiger partial charge in [-0.3, -0.25) is 14.4 Å². The van der Waals surface area contributed by atoms with Gasteiger partial charge in [-0.15, -0.1) is 0 Å². The van der Waals surface area contributed by atoms with Crippen LogP contribution in [0.1, 0.15) is 67.3 Å². The Kier molecular flexibility index (Phi) is 9.45. The summed E-state index contributed by atoms with van der Waals surface area (Å²) in [7, 11) is 1.87. The van der Waals surface area contributed by atoms with Gasteiger partial charge in [-0.1, -0.05) is 29.3 Å². The predicted octanol–water partition coefficient (Wildman–Crippen LogP) is 5.70. The van der Waals surface area contributed by atoms with E-state index >= 15 is 0 Å². The number of hydrogen-bond acceptors (Lipinski definition) is 4. The van der Waals surface area contributed by atoms with Crippen LogP contribution in [0.25, 0.3) is 0 Å². The molecular weight excluding hydrogens is 559 g/mol. The number of nitrogens with zero attached hydrogens (tertiary/aromatic N) is 4. The van der Waals surface area contributed by atoms with Crippen molar-refractivity contribution in [3.05, 3.63) is 63.6 Å². The number of likely N-dealkylation sites (N-methyl/N-ethyl adjacent to an activating group) is 1. The van der Waals surface area contributed by atoms with E-state index in [1.54, 1.807) is 13.0 Å². The van der Waals surface area contributed by atoms with Gasteiger partial charge in [0.2, 0.25) is 11.8 Å². The van der Waals surface area contributed by atoms with Crippen molar-refractivity contribution in [1.29, 1.82) is 0 Å². The molecule has 2 aromatic carbocycles. The van der Waals surface area contributed by atoms with E-state index in [0.29, 0.717) is 61.1 Å². The number of carbonyl (C=O) groups excluding carboxylic acids is 3. The average Bonchev–Trinajstić information content (AvgIpc) is 3.01. The van der Waals surface area contributed by atoms with Gasteiger partial charge in [-0.05, 0) is 80.5 Å². The third-order valence-corrected chi connectivity index (χ3v) is 9.94. The Bertz CT molecular complexity index is 1260. The number of benzene rings is 2. The predicted molar refractivity (Wildman–Crippen MR) is 164 cm³/mol. The lowest BCUT2D eigenvalue weighted by atomic mass is 9.83. The zero-order chi connectivity index (χ0) is 29.1. The van der Waals surface area contributed by atoms with E-state index in [0.717, 1.165) is 18.7 Å². The van der Waals surface area contributed by atoms with Crippen LogP contribution in [0.3, 0.4) is 0 Å². The summed E-state index contributed by atoms with van der Waals surface area (Å²) >= 11 is 12.7. The molecule has 220 valence electrons. The molecule has 0 spiro atoms. The maximum absolute atomic E-state index is 13.7. The Morgan fingerprint density at radius 1 is 0.805 bits per heavy atom. The van der Waals surface area contributed by atoms with Gasteiger partial charge in [0, 0.05) is 82.4 Å². The Morgan fingerprint density at radius 2 is 1.46 bits per heavy atom. The molecule has 0 N–H and O–H groups in total. The molecule has 3 amide bonds. The van der Waals surface area contributed by atoms with Crippen LogP contribution in [0.4, 0.5) is 5.69 Å². The molecule has 0 unspecified atom stereocenters. The van der Waals surface area contributed by atoms with Crippen LogP contribution in [0.15, 0.2) is 42.5 Å². The highest BCUT2D eigenvalue weighted by Crippen LogP contribution is 2.36. The topological polar surface area (TPSA) is 64.2 Å². The van der Waals surface area contributed by atoms with Gasteiger partial charge in [0.25, 0.3) is 5.91 Å². The normalized spacial score (nSPS) is 22.0. The van der Waals surface area contributed by atoms with E-state index in [1.165, 1.54) is 24.9 Å². The molecule has 0 bridgehead atoms. The number of carbonyl (C=O) groups is 3. The Hall–Kier alpha value is -2.77. The number of halogens is 2. The fraction of sp³-hybridized carbons (Fsp3) is 0.531. The highest BCUT2D eigenvalue weighted by molar-refractivity contribution is 6.42. The van der Waals surface area contributed by atoms with Crippen LogP contribution in [0, 0.1) is 5.92 Å². The van der Waals surface area contributed by atoms with E-state index in [9.17, 15) is 14.4 Å². The molecule has 3 fully saturated rings. The second-order valence-electron chi connectivity index (χ2n) is 11.7. The zero-order valence-corrected chi connectivity index (χ0v) is 25.5. The zero-order valence-electron chi connectivity index (χ0n) is 24.0. The molecule has 0 saturated carbocycles. The van der Waals surface area contributed by atoms with E-state index in [2.05, 4.69) is 17.0 Å². The van der Waals surface area contributed by atoms with Gasteiger partial charge in [-0.25, -0.2) is 0 Å². The first-order valence-corrected chi connectivity index (χ1v) is 15.6. The molecule has 2 atom stereocenters. The highest BCUT2D eigenvalue weighted by atomic mass is 35.5. The molecule has 0 aliphatic carbocycles. The maximum Gasteiger partial charge on any atom is 0.253 e. The minimum atomic E-state index is -0.110. The van der Waals surface area contributed by atoms with Crippen LogP contribution in [-0.4, -0.2) is 84.8 Å². The van der Waals surface area contributed by atoms with E-state index < -0.39 is 0 Å². The molecule has 2 aromatic rings. The van der Waals surface area contributed by atoms with Gasteiger partial charge >= 0.3 is 0 Å². The van der Waals surface area contributed by atoms with Gasteiger partial charge < -0.3 is 19.6 Å². The van der Waals surface area contributed by atoms with Crippen molar-refractivity contribution in [3.63, 3.8) is 0 Å². The second-order valence-corrected chi connectivity index (χ2v) is 12.5. The average molecular weight is 600 g/mol. The summed E-state index contributed by atoms with van der Waals surface area (Å²) in [5, 5.41) is 0.941. The number of anilines is 1. The molecule has 3 aliphatic heterocycles. The standard InChI is InChI=1S/C32H40Cl2N4O3/c1-22(39)36-17-12-24(13-18-36)32(41)38-19-14-30(27(21-38)25-8-11-28(33)29(34)20-25)35(2)31(40)23-6-9-26(10-7-23)37-15-4-3-5-16-37/h6-11,20,24,27,30H,3-5,12-19,21H2,1-2H3/t27-,30+/m0/s1. The molecule has 0 aromatic heterocycles. The SMILES string of the molecule is CC(=O)N1CCC(C(=O)N2CC[C@@H](N(C)C(=O)c3ccc(N4CCCCC4)cc3)[C@H](c3ccc(Cl)c(Cl)c3)C2)CC1. The molecule has 0 radical (unpaired) electrons. The van der Waals surface area contributed by atoms with Crippen molar-refractivity contribution in [3.8, 4) is 0 Å². The molecule has 5 rings (SSSR count). The summed E-state index contributed by atoms with van der Waals surface area (Å²) in [5.74, 6) is -0.0263. The van der Waals surface area contributed by atoms with Crippen LogP contribution < -0.4 is 4.90 Å². The summed E-state index contributed by atoms with van der Waals surface area (Å²) in [6.07, 6.45) is 5.72. The Balaban J connectivity index is 1.32. The lowest BCUT2D eigenvalue weighted by Crippen LogP contribution is -2.53. The van der Waals surface area contributed by atoms with Crippen molar-refractivity contribution in [2.45, 2.75) is 57.4 Å². The third kappa shape index (κ3) is 6.67. The first-order chi connectivity index (χ1) is 19.7. The summed E-state index contributed by atoms with van der Waals surface area (Å²) < 4.78 is 0. The highest BCUT2D eigenvalue weighted by Gasteiger charge is 2.39. The Morgan fingerprint density at radius 3 is 2.10 bits per heavy atom. The fourth-order valence-electron chi connectivity index (χ4n) is 6.69. The van der Waals surface area contributed by atoms with Crippen molar-refractivity contribution < 1.29 is 14.4 Å². The molecule has 3 aliphatic rings. The van der Waals surface area contributed by atoms with Gasteiger partial charge in [0.1, 0.15) is 0 Å². The molecule has 3 saturated heterocycles. The first kappa shape index (κ1) is 29.7. The maximum atomic E-state index is 13.7. The third-order valence-electron chi connectivity index (χ3n) is 9.20. The van der Waals surface area contributed by atoms with Gasteiger partial charge in [-0.2, -0.15) is 0 Å². The molecule has 41 heavy (non-hydrogen) atoms. The smallest absolute Gasteiger partial charge is 0.253 e. The molecule has 3 heterocycles. The van der Waals surface area contributed by atoms with Crippen LogP contribution in [-0.2, 0) is 9.59 Å². The van der Waals surface area contributed by atoms with E-state index in [-0.39, 0.29) is 35.6 Å². The largest absolute Gasteiger partial charge is 0.372 e. The van der Waals surface area contributed by atoms with Crippen molar-refractivity contribution in [2.75, 3.05) is 51.2 Å². The summed E-state index contributed by atoms with van der Waals surface area (Å²) in [6, 6.07) is 13.5. The van der Waals surface area contributed by atoms with Crippen LogP contribution in [0.2, 0.25) is 10.0 Å². The lowest BCUT2D eigenvalue weighted by molar-refractivity contribution is -0.141. The fourth-order valence-corrected chi connectivity index (χ4v) is 7.00. The van der Waals surface area contributed by atoms with Gasteiger partial charge in [0.15, 0.2) is 0 Å². The summed E-state index contributed by atoms with van der Waals surface area (Å²) in [4.78, 5) is 47.1. The molecule has 7 nitrogen and oxygen atoms in total. The molecular formula is C32H40Cl2N4O3. The minimum Gasteiger partial charge on any atom is -0.372 e. The van der Waals surface area contributed by atoms with E-state index in [1.807, 2.05) is 46.0 Å². The lowest BCUT2D eigenvalue weighted by Gasteiger charge is -2.44. The minimum absolute atomic E-state index is 0.0263. The number of rotatable bonds is 5. The van der Waals surface area contributed by atoms with Gasteiger partial charge in [0.05, 0.1) is 10.0 Å². The van der Waals surface area contributed by atoms with Crippen LogP contribution in [0.5, 0.6) is 0 Å². The number of piperidine rings is 3. The van der Waals surface area contributed by atoms with Crippen molar-refractivity contribution in [2.24, 2.45) is 5.92 Å². The first-order valence-electron chi connectivity index (χ1n) is 14.8. The second kappa shape index (κ2) is 13.0. The number of hydrogen-bond donors (Lipinski definition) is 0. The quantitative estimate of drug-likeness (QED) is 0.443. The van der Waals surface area contributed by atoms with E-state index in [4.69, 9.17) is 23.2 Å². The number of likely N-dealkylation sites (tertiary alicyclic amines) is 2. The van der Waals surface area contributed by atoms with Crippen molar-refractivity contribution >= 4 is 46.6 Å². The Labute approximate surface area is 253 Å². The van der Waals surface area contributed by atoms with Crippen molar-refractivity contribution in [1.82, 2.24) is 14.7 Å². The summed E-state index contributed by atoms with van der Waals surface area (Å²) in [6.45, 7) is 6.02. The monoisotopic (exact) mass is 598 g/mol.